The quantitative estimate of drug-likeness (QED) is 0.0844. The first-order valence-corrected chi connectivity index (χ1v) is 21.2. The summed E-state index contributed by atoms with van der Waals surface area (Å²) in [7, 11) is -0.868. The van der Waals surface area contributed by atoms with Crippen molar-refractivity contribution in [2.75, 3.05) is 5.75 Å². The van der Waals surface area contributed by atoms with E-state index >= 15 is 0 Å². The van der Waals surface area contributed by atoms with Crippen LogP contribution in [0.15, 0.2) is 186 Å². The summed E-state index contributed by atoms with van der Waals surface area (Å²) in [5.41, 5.74) is 3.65. The molecular formula is C45H37N2O4PS2. The van der Waals surface area contributed by atoms with Crippen molar-refractivity contribution < 1.29 is 19.1 Å². The lowest BCUT2D eigenvalue weighted by Gasteiger charge is -2.49. The number of thioether (sulfide) groups is 1. The zero-order valence-corrected chi connectivity index (χ0v) is 31.8. The molecule has 0 saturated carbocycles. The van der Waals surface area contributed by atoms with Crippen molar-refractivity contribution >= 4 is 59.4 Å². The highest BCUT2D eigenvalue weighted by atomic mass is 32.2. The predicted octanol–water partition coefficient (Wildman–Crippen LogP) is 7.83. The van der Waals surface area contributed by atoms with E-state index in [-0.39, 0.29) is 29.6 Å². The summed E-state index contributed by atoms with van der Waals surface area (Å²) in [4.78, 5) is 44.3. The molecule has 268 valence electrons. The highest BCUT2D eigenvalue weighted by Crippen LogP contribution is 2.47. The van der Waals surface area contributed by atoms with E-state index in [9.17, 15) is 14.4 Å². The van der Waals surface area contributed by atoms with Crippen LogP contribution in [0.1, 0.15) is 22.1 Å². The van der Waals surface area contributed by atoms with Crippen molar-refractivity contribution in [3.63, 3.8) is 0 Å². The first-order chi connectivity index (χ1) is 26.5. The maximum Gasteiger partial charge on any atom is 0.356 e. The Bertz CT molecular complexity index is 2160. The van der Waals surface area contributed by atoms with Crippen LogP contribution in [0.2, 0.25) is 0 Å². The molecule has 1 fully saturated rings. The molecule has 9 heteroatoms. The fraction of sp³-hybridized carbons (Fsp3) is 0.133. The van der Waals surface area contributed by atoms with Crippen LogP contribution < -0.4 is 15.9 Å². The van der Waals surface area contributed by atoms with Gasteiger partial charge in [-0.15, -0.1) is 23.1 Å². The van der Waals surface area contributed by atoms with Gasteiger partial charge in [0.05, 0.1) is 6.42 Å². The Kier molecular flexibility index (Phi) is 10.9. The lowest BCUT2D eigenvalue weighted by Crippen LogP contribution is -2.70. The molecule has 6 nitrogen and oxygen atoms in total. The third kappa shape index (κ3) is 7.56. The Balaban J connectivity index is 1.18. The Labute approximate surface area is 324 Å². The van der Waals surface area contributed by atoms with Gasteiger partial charge in [0.15, 0.2) is 6.10 Å². The molecule has 4 aromatic carbocycles. The average molecular weight is 765 g/mol. The van der Waals surface area contributed by atoms with Crippen LogP contribution in [0.5, 0.6) is 0 Å². The molecule has 0 spiro atoms. The summed E-state index contributed by atoms with van der Waals surface area (Å²) in [6.07, 6.45) is 10.1. The van der Waals surface area contributed by atoms with Gasteiger partial charge in [-0.2, -0.15) is 0 Å². The first kappa shape index (κ1) is 35.7. The van der Waals surface area contributed by atoms with Crippen molar-refractivity contribution in [2.45, 2.75) is 29.6 Å². The molecule has 1 N–H and O–H groups in total. The van der Waals surface area contributed by atoms with Gasteiger partial charge in [-0.05, 0) is 52.3 Å². The first-order valence-electron chi connectivity index (χ1n) is 17.8. The van der Waals surface area contributed by atoms with E-state index in [0.29, 0.717) is 11.3 Å². The van der Waals surface area contributed by atoms with E-state index in [1.165, 1.54) is 21.9 Å². The molecule has 1 aliphatic carbocycles. The number of carbonyl (C=O) groups excluding carboxylic acids is 3. The van der Waals surface area contributed by atoms with Gasteiger partial charge in [0.25, 0.3) is 5.91 Å². The van der Waals surface area contributed by atoms with Gasteiger partial charge in [-0.3, -0.25) is 14.5 Å². The standard InChI is InChI=1S/C45H37N2O4PS2/c48-39(29-37-25-15-27-53-37)46-40-43(49)47-41(45(50)51-42(31-16-5-1-6-17-31)32-18-7-2-8-19-32)34(30-54-44(40)47)28-33-20-13-14-26-38(33)52(35-21-9-3-10-22-35)36-23-11-4-12-24-36/h1-28,38,40,42,44H,29-30H2,(H,46,48)/t38?,40-,44-/m1/s1. The number of benzene rings is 4. The number of hydrogen-bond acceptors (Lipinski definition) is 6. The largest absolute Gasteiger partial charge is 0.448 e. The van der Waals surface area contributed by atoms with E-state index in [1.54, 1.807) is 16.7 Å². The van der Waals surface area contributed by atoms with Crippen LogP contribution in [0.4, 0.5) is 0 Å². The summed E-state index contributed by atoms with van der Waals surface area (Å²) in [5, 5.41) is 6.93. The molecule has 1 saturated heterocycles. The van der Waals surface area contributed by atoms with Gasteiger partial charge in [0.2, 0.25) is 5.91 Å². The number of β-lactam (4-membered cyclic amide) rings is 1. The predicted molar refractivity (Wildman–Crippen MR) is 220 cm³/mol. The second-order valence-corrected chi connectivity index (χ2v) is 17.5. The summed E-state index contributed by atoms with van der Waals surface area (Å²) in [6.45, 7) is 0. The average Bonchev–Trinajstić information content (AvgIpc) is 3.74. The number of amides is 2. The minimum atomic E-state index is -0.868. The van der Waals surface area contributed by atoms with Crippen molar-refractivity contribution in [3.8, 4) is 0 Å². The topological polar surface area (TPSA) is 75.7 Å². The molecule has 0 radical (unpaired) electrons. The summed E-state index contributed by atoms with van der Waals surface area (Å²) < 4.78 is 6.44. The summed E-state index contributed by atoms with van der Waals surface area (Å²) in [5.74, 6) is -0.666. The van der Waals surface area contributed by atoms with Crippen LogP contribution in [0.25, 0.3) is 0 Å². The van der Waals surface area contributed by atoms with Gasteiger partial charge in [-0.25, -0.2) is 4.79 Å². The number of nitrogens with one attached hydrogen (secondary N) is 1. The number of ether oxygens (including phenoxy) is 1. The van der Waals surface area contributed by atoms with Gasteiger partial charge < -0.3 is 10.1 Å². The fourth-order valence-corrected chi connectivity index (χ4v) is 11.7. The smallest absolute Gasteiger partial charge is 0.356 e. The SMILES string of the molecule is O=C(Cc1cccs1)N[C@@H]1C(=O)N2C(C(=O)OC(c3ccccc3)c3ccccc3)=C(C=C3C=CC=CC3P(c3ccccc3)c3ccccc3)CS[C@H]12. The number of nitrogens with zero attached hydrogens (tertiary/aromatic N) is 1. The zero-order valence-electron chi connectivity index (χ0n) is 29.2. The Morgan fingerprint density at radius 2 is 1.43 bits per heavy atom. The van der Waals surface area contributed by atoms with Crippen molar-refractivity contribution in [2.24, 2.45) is 0 Å². The lowest BCUT2D eigenvalue weighted by molar-refractivity contribution is -0.154. The number of thiophene rings is 1. The molecule has 5 aromatic rings. The maximum absolute atomic E-state index is 14.7. The van der Waals surface area contributed by atoms with Crippen molar-refractivity contribution in [1.29, 1.82) is 0 Å². The Morgan fingerprint density at radius 1 is 0.815 bits per heavy atom. The highest BCUT2D eigenvalue weighted by Gasteiger charge is 2.54. The number of esters is 1. The van der Waals surface area contributed by atoms with Gasteiger partial charge in [0.1, 0.15) is 17.1 Å². The van der Waals surface area contributed by atoms with Crippen molar-refractivity contribution in [3.05, 3.63) is 202 Å². The molecule has 3 atom stereocenters. The van der Waals surface area contributed by atoms with E-state index in [4.69, 9.17) is 4.74 Å². The molecule has 1 aromatic heterocycles. The monoisotopic (exact) mass is 764 g/mol. The molecular weight excluding hydrogens is 728 g/mol. The molecule has 0 bridgehead atoms. The lowest BCUT2D eigenvalue weighted by atomic mass is 9.98. The summed E-state index contributed by atoms with van der Waals surface area (Å²) >= 11 is 3.06. The molecule has 3 aliphatic rings. The third-order valence-corrected chi connectivity index (χ3v) is 14.5. The van der Waals surface area contributed by atoms with Crippen LogP contribution in [-0.4, -0.2) is 45.5 Å². The minimum absolute atomic E-state index is 0.0139. The van der Waals surface area contributed by atoms with Crippen LogP contribution in [-0.2, 0) is 25.5 Å². The number of allylic oxidation sites excluding steroid dienone is 6. The van der Waals surface area contributed by atoms with Crippen LogP contribution in [0, 0.1) is 0 Å². The van der Waals surface area contributed by atoms with Gasteiger partial charge in [0, 0.05) is 16.3 Å². The van der Waals surface area contributed by atoms with Gasteiger partial charge in [-0.1, -0.05) is 158 Å². The number of carbonyl (C=O) groups is 3. The molecule has 2 amide bonds. The molecule has 1 unspecified atom stereocenters. The highest BCUT2D eigenvalue weighted by molar-refractivity contribution is 8.00. The second kappa shape index (κ2) is 16.4. The normalized spacial score (nSPS) is 19.9. The van der Waals surface area contributed by atoms with E-state index in [0.717, 1.165) is 21.6 Å². The van der Waals surface area contributed by atoms with Crippen LogP contribution >= 0.6 is 31.0 Å². The minimum Gasteiger partial charge on any atom is -0.448 e. The number of rotatable bonds is 11. The zero-order chi connectivity index (χ0) is 36.9. The molecule has 3 heterocycles. The maximum atomic E-state index is 14.7. The Hall–Kier alpha value is -5.27. The second-order valence-electron chi connectivity index (χ2n) is 13.1. The molecule has 2 aliphatic heterocycles. The fourth-order valence-electron chi connectivity index (χ4n) is 7.05. The van der Waals surface area contributed by atoms with Crippen LogP contribution in [0.3, 0.4) is 0 Å². The van der Waals surface area contributed by atoms with Gasteiger partial charge >= 0.3 is 5.97 Å². The summed E-state index contributed by atoms with van der Waals surface area (Å²) in [6, 6.07) is 43.5. The van der Waals surface area contributed by atoms with E-state index < -0.39 is 31.4 Å². The Morgan fingerprint density at radius 3 is 2.02 bits per heavy atom. The molecule has 54 heavy (non-hydrogen) atoms. The number of fused-ring (bicyclic) bond motifs is 1. The van der Waals surface area contributed by atoms with Crippen molar-refractivity contribution in [1.82, 2.24) is 10.2 Å². The third-order valence-electron chi connectivity index (χ3n) is 9.57. The van der Waals surface area contributed by atoms with E-state index in [2.05, 4.69) is 78.2 Å². The molecule has 8 rings (SSSR count). The van der Waals surface area contributed by atoms with E-state index in [1.807, 2.05) is 96.4 Å². The number of hydrogen-bond donors (Lipinski definition) is 1.